The number of hydrogen-bond donors (Lipinski definition) is 2. The van der Waals surface area contributed by atoms with Gasteiger partial charge in [-0.25, -0.2) is 9.97 Å². The Kier molecular flexibility index (Phi) is 5.50. The lowest BCUT2D eigenvalue weighted by Crippen LogP contribution is -2.44. The molecule has 0 aliphatic carbocycles. The van der Waals surface area contributed by atoms with E-state index in [4.69, 9.17) is 10.5 Å². The number of aromatic nitrogens is 2. The molecule has 0 atom stereocenters. The summed E-state index contributed by atoms with van der Waals surface area (Å²) in [6.45, 7) is 8.04. The zero-order chi connectivity index (χ0) is 14.5. The summed E-state index contributed by atoms with van der Waals surface area (Å²) in [5.41, 5.74) is 5.80. The highest BCUT2D eigenvalue weighted by Crippen LogP contribution is 2.14. The van der Waals surface area contributed by atoms with Crippen molar-refractivity contribution in [1.82, 2.24) is 14.9 Å². The second-order valence-corrected chi connectivity index (χ2v) is 5.29. The Morgan fingerprint density at radius 1 is 1.37 bits per heavy atom. The van der Waals surface area contributed by atoms with Gasteiger partial charge in [-0.15, -0.1) is 0 Å². The van der Waals surface area contributed by atoms with Crippen LogP contribution in [0.2, 0.25) is 0 Å². The van der Waals surface area contributed by atoms with Crippen molar-refractivity contribution in [3.8, 4) is 0 Å². The van der Waals surface area contributed by atoms with Crippen LogP contribution in [-0.4, -0.2) is 47.7 Å². The average molecular weight is 267 g/mol. The monoisotopic (exact) mass is 267 g/mol. The first-order valence-electron chi connectivity index (χ1n) is 6.47. The number of nitrogens with zero attached hydrogens (tertiary/aromatic N) is 3. The van der Waals surface area contributed by atoms with Crippen LogP contribution in [0.5, 0.6) is 0 Å². The number of nitrogen functional groups attached to an aromatic ring is 1. The van der Waals surface area contributed by atoms with E-state index in [9.17, 15) is 0 Å². The van der Waals surface area contributed by atoms with Gasteiger partial charge in [0.05, 0.1) is 0 Å². The second-order valence-electron chi connectivity index (χ2n) is 5.29. The quantitative estimate of drug-likeness (QED) is 0.776. The van der Waals surface area contributed by atoms with Gasteiger partial charge in [0.1, 0.15) is 18.2 Å². The highest BCUT2D eigenvalue weighted by molar-refractivity contribution is 5.44. The van der Waals surface area contributed by atoms with Gasteiger partial charge >= 0.3 is 0 Å². The summed E-state index contributed by atoms with van der Waals surface area (Å²) < 4.78 is 5.30. The fourth-order valence-corrected chi connectivity index (χ4v) is 1.33. The minimum Gasteiger partial charge on any atom is -0.384 e. The average Bonchev–Trinajstić information content (AvgIpc) is 2.33. The lowest BCUT2D eigenvalue weighted by molar-refractivity contribution is 0.128. The van der Waals surface area contributed by atoms with Crippen molar-refractivity contribution >= 4 is 11.6 Å². The molecule has 1 aromatic heterocycles. The highest BCUT2D eigenvalue weighted by Gasteiger charge is 2.20. The van der Waals surface area contributed by atoms with Gasteiger partial charge < -0.3 is 20.7 Å². The summed E-state index contributed by atoms with van der Waals surface area (Å²) in [5.74, 6) is 1.79. The first-order valence-corrected chi connectivity index (χ1v) is 6.47. The highest BCUT2D eigenvalue weighted by atomic mass is 16.5. The molecule has 1 rings (SSSR count). The fraction of sp³-hybridized carbons (Fsp3) is 0.692. The van der Waals surface area contributed by atoms with Gasteiger partial charge in [-0.3, -0.25) is 0 Å². The predicted molar refractivity (Wildman–Crippen MR) is 78.0 cm³/mol. The number of hydrogen-bond acceptors (Lipinski definition) is 6. The molecule has 108 valence electrons. The Morgan fingerprint density at radius 3 is 2.63 bits per heavy atom. The zero-order valence-electron chi connectivity index (χ0n) is 12.5. The molecule has 0 unspecified atom stereocenters. The molecule has 0 bridgehead atoms. The van der Waals surface area contributed by atoms with E-state index in [0.29, 0.717) is 24.9 Å². The molecule has 0 saturated carbocycles. The van der Waals surface area contributed by atoms with Crippen LogP contribution in [0.25, 0.3) is 0 Å². The number of anilines is 2. The lowest BCUT2D eigenvalue weighted by atomic mass is 10.0. The maximum absolute atomic E-state index is 5.77. The van der Waals surface area contributed by atoms with Gasteiger partial charge in [-0.2, -0.15) is 0 Å². The molecule has 19 heavy (non-hydrogen) atoms. The maximum atomic E-state index is 5.77. The van der Waals surface area contributed by atoms with Crippen LogP contribution in [0.15, 0.2) is 6.07 Å². The van der Waals surface area contributed by atoms with Gasteiger partial charge in [0.15, 0.2) is 5.82 Å². The number of ether oxygens (including phenoxy) is 1. The Balaban J connectivity index is 2.70. The molecule has 0 aliphatic heterocycles. The molecule has 6 heteroatoms. The van der Waals surface area contributed by atoms with Crippen molar-refractivity contribution in [2.24, 2.45) is 0 Å². The molecule has 0 aromatic carbocycles. The molecule has 1 aromatic rings. The van der Waals surface area contributed by atoms with Crippen LogP contribution < -0.4 is 11.1 Å². The number of likely N-dealkylation sites (N-methyl/N-ethyl adjacent to an activating group) is 1. The summed E-state index contributed by atoms with van der Waals surface area (Å²) in [5, 5.41) is 3.30. The topological polar surface area (TPSA) is 76.3 Å². The van der Waals surface area contributed by atoms with Gasteiger partial charge in [0.25, 0.3) is 0 Å². The minimum atomic E-state index is 0.0276. The van der Waals surface area contributed by atoms with Crippen molar-refractivity contribution in [3.63, 3.8) is 0 Å². The van der Waals surface area contributed by atoms with E-state index in [1.165, 1.54) is 0 Å². The van der Waals surface area contributed by atoms with Crippen LogP contribution >= 0.6 is 0 Å². The third-order valence-electron chi connectivity index (χ3n) is 3.14. The summed E-state index contributed by atoms with van der Waals surface area (Å²) in [7, 11) is 4.10. The molecule has 0 fully saturated rings. The predicted octanol–water partition coefficient (Wildman–Crippen LogP) is 1.35. The smallest absolute Gasteiger partial charge is 0.158 e. The van der Waals surface area contributed by atoms with E-state index in [2.05, 4.69) is 48.1 Å². The molecule has 0 amide bonds. The van der Waals surface area contributed by atoms with Crippen molar-refractivity contribution in [3.05, 3.63) is 11.9 Å². The van der Waals surface area contributed by atoms with Gasteiger partial charge in [0.2, 0.25) is 0 Å². The Labute approximate surface area is 115 Å². The minimum absolute atomic E-state index is 0.0276. The molecule has 1 heterocycles. The largest absolute Gasteiger partial charge is 0.384 e. The Morgan fingerprint density at radius 2 is 2.05 bits per heavy atom. The van der Waals surface area contributed by atoms with Crippen molar-refractivity contribution in [1.29, 1.82) is 0 Å². The van der Waals surface area contributed by atoms with Crippen LogP contribution in [0, 0.1) is 0 Å². The molecular formula is C13H25N5O. The van der Waals surface area contributed by atoms with Crippen LogP contribution in [0.3, 0.4) is 0 Å². The second kappa shape index (κ2) is 6.68. The summed E-state index contributed by atoms with van der Waals surface area (Å²) in [4.78, 5) is 10.7. The lowest BCUT2D eigenvalue weighted by Gasteiger charge is -2.32. The zero-order valence-corrected chi connectivity index (χ0v) is 12.5. The summed E-state index contributed by atoms with van der Waals surface area (Å²) >= 11 is 0. The molecular weight excluding hydrogens is 242 g/mol. The Hall–Kier alpha value is -1.40. The molecule has 0 spiro atoms. The van der Waals surface area contributed by atoms with E-state index in [1.54, 1.807) is 6.07 Å². The van der Waals surface area contributed by atoms with Crippen LogP contribution in [0.1, 0.15) is 26.6 Å². The maximum Gasteiger partial charge on any atom is 0.158 e. The van der Waals surface area contributed by atoms with Gasteiger partial charge in [-0.1, -0.05) is 0 Å². The standard InChI is InChI=1S/C13H25N5O/c1-6-19-8-12-16-10(14)7-11(17-12)15-9-13(2,3)18(4)5/h7H,6,8-9H2,1-5H3,(H3,14,15,16,17). The van der Waals surface area contributed by atoms with Crippen LogP contribution in [0.4, 0.5) is 11.6 Å². The van der Waals surface area contributed by atoms with Gasteiger partial charge in [0, 0.05) is 24.8 Å². The third-order valence-corrected chi connectivity index (χ3v) is 3.14. The van der Waals surface area contributed by atoms with Crippen molar-refractivity contribution in [2.75, 3.05) is 38.3 Å². The van der Waals surface area contributed by atoms with Crippen molar-refractivity contribution in [2.45, 2.75) is 32.9 Å². The number of nitrogens with one attached hydrogen (secondary N) is 1. The number of rotatable bonds is 7. The van der Waals surface area contributed by atoms with E-state index in [-0.39, 0.29) is 5.54 Å². The Bertz CT molecular complexity index is 406. The summed E-state index contributed by atoms with van der Waals surface area (Å²) in [6, 6.07) is 1.74. The molecule has 0 saturated heterocycles. The third kappa shape index (κ3) is 5.00. The molecule has 6 nitrogen and oxygen atoms in total. The molecule has 0 aliphatic rings. The van der Waals surface area contributed by atoms with Gasteiger partial charge in [-0.05, 0) is 34.9 Å². The SMILES string of the molecule is CCOCc1nc(N)cc(NCC(C)(C)N(C)C)n1. The van der Waals surface area contributed by atoms with Crippen LogP contribution in [-0.2, 0) is 11.3 Å². The van der Waals surface area contributed by atoms with E-state index in [1.807, 2.05) is 6.92 Å². The van der Waals surface area contributed by atoms with E-state index < -0.39 is 0 Å². The number of nitrogens with two attached hydrogens (primary N) is 1. The summed E-state index contributed by atoms with van der Waals surface area (Å²) in [6.07, 6.45) is 0. The fourth-order valence-electron chi connectivity index (χ4n) is 1.33. The first kappa shape index (κ1) is 15.7. The molecule has 0 radical (unpaired) electrons. The normalized spacial score (nSPS) is 11.9. The van der Waals surface area contributed by atoms with Crippen molar-refractivity contribution < 1.29 is 4.74 Å². The van der Waals surface area contributed by atoms with E-state index >= 15 is 0 Å². The molecule has 3 N–H and O–H groups in total. The van der Waals surface area contributed by atoms with E-state index in [0.717, 1.165) is 12.4 Å². The first-order chi connectivity index (χ1) is 8.85.